The molecule has 8 nitrogen and oxygen atoms in total. The van der Waals surface area contributed by atoms with E-state index in [4.69, 9.17) is 15.6 Å². The van der Waals surface area contributed by atoms with Crippen LogP contribution in [0.15, 0.2) is 29.0 Å². The van der Waals surface area contributed by atoms with Crippen LogP contribution in [0, 0.1) is 19.3 Å². The number of guanidine groups is 1. The second kappa shape index (κ2) is 7.61. The van der Waals surface area contributed by atoms with E-state index in [1.165, 1.54) is 18.0 Å². The molecule has 1 fully saturated rings. The lowest BCUT2D eigenvalue weighted by Gasteiger charge is -2.32. The van der Waals surface area contributed by atoms with Crippen molar-refractivity contribution in [3.05, 3.63) is 52.7 Å². The standard InChI is InChI=1S/C19H23N5O3/c1-11-10-15(16(25)23-19(20)21)12(2)9-14(11)13-3-6-24(7-4-13)18(26)17-22-5-8-27-17/h5,8-10,13H,3-4,6-7H2,1-2H3,(H4,20,21,23,25). The third-order valence-corrected chi connectivity index (χ3v) is 4.94. The molecular formula is C19H23N5O3. The van der Waals surface area contributed by atoms with Gasteiger partial charge in [0.25, 0.3) is 11.8 Å². The number of hydrogen-bond acceptors (Lipinski definition) is 5. The highest BCUT2D eigenvalue weighted by atomic mass is 16.4. The van der Waals surface area contributed by atoms with Crippen LogP contribution in [-0.2, 0) is 0 Å². The molecule has 0 saturated carbocycles. The Hall–Kier alpha value is -3.16. The van der Waals surface area contributed by atoms with Crippen LogP contribution in [0.3, 0.4) is 0 Å². The number of carbonyl (C=O) groups is 2. The molecular weight excluding hydrogens is 346 g/mol. The lowest BCUT2D eigenvalue weighted by Crippen LogP contribution is -2.38. The van der Waals surface area contributed by atoms with Gasteiger partial charge in [0.15, 0.2) is 5.96 Å². The van der Waals surface area contributed by atoms with Gasteiger partial charge in [0.1, 0.15) is 6.26 Å². The monoisotopic (exact) mass is 369 g/mol. The van der Waals surface area contributed by atoms with Gasteiger partial charge in [0.05, 0.1) is 6.20 Å². The molecule has 0 atom stereocenters. The van der Waals surface area contributed by atoms with Crippen molar-refractivity contribution < 1.29 is 14.0 Å². The topological polar surface area (TPSA) is 125 Å². The van der Waals surface area contributed by atoms with Crippen LogP contribution < -0.4 is 11.1 Å². The summed E-state index contributed by atoms with van der Waals surface area (Å²) >= 11 is 0. The molecule has 4 N–H and O–H groups in total. The van der Waals surface area contributed by atoms with Crippen molar-refractivity contribution in [1.29, 1.82) is 5.41 Å². The van der Waals surface area contributed by atoms with Crippen LogP contribution in [0.1, 0.15) is 56.5 Å². The summed E-state index contributed by atoms with van der Waals surface area (Å²) in [6.07, 6.45) is 4.54. The zero-order valence-electron chi connectivity index (χ0n) is 15.4. The number of nitrogens with zero attached hydrogens (tertiary/aromatic N) is 2. The maximum Gasteiger partial charge on any atom is 0.309 e. The predicted molar refractivity (Wildman–Crippen MR) is 99.7 cm³/mol. The fourth-order valence-electron chi connectivity index (χ4n) is 3.57. The first-order valence-electron chi connectivity index (χ1n) is 8.82. The smallest absolute Gasteiger partial charge is 0.309 e. The van der Waals surface area contributed by atoms with E-state index >= 15 is 0 Å². The van der Waals surface area contributed by atoms with E-state index in [1.807, 2.05) is 26.0 Å². The fraction of sp³-hybridized carbons (Fsp3) is 0.368. The van der Waals surface area contributed by atoms with Crippen LogP contribution in [0.25, 0.3) is 0 Å². The average Bonchev–Trinajstić information content (AvgIpc) is 3.17. The van der Waals surface area contributed by atoms with Crippen LogP contribution in [0.5, 0.6) is 0 Å². The van der Waals surface area contributed by atoms with E-state index in [-0.39, 0.29) is 23.7 Å². The van der Waals surface area contributed by atoms with E-state index in [1.54, 1.807) is 4.90 Å². The molecule has 1 aromatic heterocycles. The molecule has 2 aromatic rings. The van der Waals surface area contributed by atoms with Gasteiger partial charge in [-0.3, -0.25) is 20.3 Å². The van der Waals surface area contributed by atoms with Gasteiger partial charge in [-0.1, -0.05) is 6.07 Å². The number of amides is 2. The number of piperidine rings is 1. The quantitative estimate of drug-likeness (QED) is 0.563. The Labute approximate surface area is 157 Å². The fourth-order valence-corrected chi connectivity index (χ4v) is 3.57. The second-order valence-electron chi connectivity index (χ2n) is 6.80. The lowest BCUT2D eigenvalue weighted by molar-refractivity contribution is 0.0672. The Morgan fingerprint density at radius 1 is 1.26 bits per heavy atom. The first kappa shape index (κ1) is 18.6. The molecule has 0 unspecified atom stereocenters. The molecule has 27 heavy (non-hydrogen) atoms. The maximum atomic E-state index is 12.3. The third-order valence-electron chi connectivity index (χ3n) is 4.94. The number of benzene rings is 1. The first-order chi connectivity index (χ1) is 12.9. The number of carbonyl (C=O) groups excluding carboxylic acids is 2. The molecule has 0 aliphatic carbocycles. The van der Waals surface area contributed by atoms with E-state index in [9.17, 15) is 9.59 Å². The number of aromatic nitrogens is 1. The Morgan fingerprint density at radius 2 is 1.96 bits per heavy atom. The third kappa shape index (κ3) is 3.99. The second-order valence-corrected chi connectivity index (χ2v) is 6.80. The summed E-state index contributed by atoms with van der Waals surface area (Å²) in [5.74, 6) is -0.476. The summed E-state index contributed by atoms with van der Waals surface area (Å²) in [6, 6.07) is 3.87. The minimum Gasteiger partial charge on any atom is -0.441 e. The van der Waals surface area contributed by atoms with Crippen molar-refractivity contribution in [3.8, 4) is 0 Å². The Kier molecular flexibility index (Phi) is 5.25. The molecule has 0 bridgehead atoms. The Bertz CT molecular complexity index is 868. The molecule has 1 saturated heterocycles. The molecule has 1 aliphatic heterocycles. The molecule has 142 valence electrons. The van der Waals surface area contributed by atoms with E-state index in [0.29, 0.717) is 24.6 Å². The molecule has 3 rings (SSSR count). The number of rotatable bonds is 3. The summed E-state index contributed by atoms with van der Waals surface area (Å²) < 4.78 is 5.09. The summed E-state index contributed by atoms with van der Waals surface area (Å²) in [6.45, 7) is 5.12. The molecule has 2 heterocycles. The van der Waals surface area contributed by atoms with Gasteiger partial charge in [-0.2, -0.15) is 0 Å². The van der Waals surface area contributed by atoms with E-state index in [0.717, 1.165) is 24.0 Å². The van der Waals surface area contributed by atoms with Crippen molar-refractivity contribution in [2.45, 2.75) is 32.6 Å². The number of nitrogens with two attached hydrogens (primary N) is 1. The molecule has 0 spiro atoms. The van der Waals surface area contributed by atoms with Gasteiger partial charge in [0.2, 0.25) is 0 Å². The number of nitrogens with one attached hydrogen (secondary N) is 2. The van der Waals surface area contributed by atoms with Gasteiger partial charge < -0.3 is 15.1 Å². The zero-order valence-corrected chi connectivity index (χ0v) is 15.4. The number of likely N-dealkylation sites (tertiary alicyclic amines) is 1. The van der Waals surface area contributed by atoms with E-state index < -0.39 is 0 Å². The normalized spacial score (nSPS) is 14.8. The summed E-state index contributed by atoms with van der Waals surface area (Å²) in [5.41, 5.74) is 8.81. The molecule has 2 amide bonds. The highest BCUT2D eigenvalue weighted by Crippen LogP contribution is 2.32. The minimum absolute atomic E-state index is 0.126. The highest BCUT2D eigenvalue weighted by molar-refractivity contribution is 6.05. The molecule has 1 aromatic carbocycles. The van der Waals surface area contributed by atoms with Crippen molar-refractivity contribution >= 4 is 17.8 Å². The zero-order chi connectivity index (χ0) is 19.6. The van der Waals surface area contributed by atoms with Crippen molar-refractivity contribution in [2.75, 3.05) is 13.1 Å². The predicted octanol–water partition coefficient (Wildman–Crippen LogP) is 1.93. The van der Waals surface area contributed by atoms with Gasteiger partial charge in [-0.25, -0.2) is 4.98 Å². The number of aryl methyl sites for hydroxylation is 2. The molecule has 8 heteroatoms. The molecule has 0 radical (unpaired) electrons. The van der Waals surface area contributed by atoms with Gasteiger partial charge in [-0.15, -0.1) is 0 Å². The highest BCUT2D eigenvalue weighted by Gasteiger charge is 2.28. The summed E-state index contributed by atoms with van der Waals surface area (Å²) in [5, 5.41) is 9.53. The average molecular weight is 369 g/mol. The van der Waals surface area contributed by atoms with Crippen molar-refractivity contribution in [2.24, 2.45) is 5.73 Å². The van der Waals surface area contributed by atoms with Crippen LogP contribution in [0.2, 0.25) is 0 Å². The summed E-state index contributed by atoms with van der Waals surface area (Å²) in [7, 11) is 0. The van der Waals surface area contributed by atoms with Gasteiger partial charge >= 0.3 is 5.91 Å². The first-order valence-corrected chi connectivity index (χ1v) is 8.82. The van der Waals surface area contributed by atoms with Crippen molar-refractivity contribution in [1.82, 2.24) is 15.2 Å². The number of oxazole rings is 1. The maximum absolute atomic E-state index is 12.3. The van der Waals surface area contributed by atoms with Crippen LogP contribution in [0.4, 0.5) is 0 Å². The van der Waals surface area contributed by atoms with E-state index in [2.05, 4.69) is 10.3 Å². The SMILES string of the molecule is Cc1cc(C2CCN(C(=O)c3ncco3)CC2)c(C)cc1C(=O)NC(=N)N. The lowest BCUT2D eigenvalue weighted by atomic mass is 9.84. The minimum atomic E-state index is -0.374. The Balaban J connectivity index is 1.71. The van der Waals surface area contributed by atoms with Crippen molar-refractivity contribution in [3.63, 3.8) is 0 Å². The molecule has 1 aliphatic rings. The van der Waals surface area contributed by atoms with Gasteiger partial charge in [0, 0.05) is 18.7 Å². The summed E-state index contributed by atoms with van der Waals surface area (Å²) in [4.78, 5) is 30.2. The van der Waals surface area contributed by atoms with Crippen LogP contribution >= 0.6 is 0 Å². The van der Waals surface area contributed by atoms with Gasteiger partial charge in [-0.05, 0) is 55.4 Å². The Morgan fingerprint density at radius 3 is 2.56 bits per heavy atom. The number of hydrogen-bond donors (Lipinski definition) is 3. The van der Waals surface area contributed by atoms with Crippen LogP contribution in [-0.4, -0.2) is 40.7 Å². The largest absolute Gasteiger partial charge is 0.441 e.